The number of hydrogen-bond donors (Lipinski definition) is 2. The largest absolute Gasteiger partial charge is 0.353 e. The summed E-state index contributed by atoms with van der Waals surface area (Å²) in [6.45, 7) is 5.41. The molecule has 37 heavy (non-hydrogen) atoms. The second kappa shape index (κ2) is 9.88. The summed E-state index contributed by atoms with van der Waals surface area (Å²) in [4.78, 5) is 28.7. The van der Waals surface area contributed by atoms with Crippen LogP contribution in [0.25, 0.3) is 16.7 Å². The predicted octanol–water partition coefficient (Wildman–Crippen LogP) is 2.29. The van der Waals surface area contributed by atoms with Gasteiger partial charge in [-0.05, 0) is 43.7 Å². The van der Waals surface area contributed by atoms with E-state index in [9.17, 15) is 9.18 Å². The Hall–Kier alpha value is -3.87. The van der Waals surface area contributed by atoms with Crippen LogP contribution in [0.15, 0.2) is 41.5 Å². The summed E-state index contributed by atoms with van der Waals surface area (Å²) in [5.74, 6) is 0.705. The number of nitrogens with one attached hydrogen (secondary N) is 2. The molecule has 0 bridgehead atoms. The fourth-order valence-electron chi connectivity index (χ4n) is 4.79. The van der Waals surface area contributed by atoms with Gasteiger partial charge in [0.05, 0.1) is 12.3 Å². The molecular weight excluding hydrogens is 479 g/mol. The topological polar surface area (TPSA) is 111 Å². The summed E-state index contributed by atoms with van der Waals surface area (Å²) in [6, 6.07) is 7.10. The smallest absolute Gasteiger partial charge is 0.278 e. The monoisotopic (exact) mass is 506 g/mol. The molecule has 6 rings (SSSR count). The van der Waals surface area contributed by atoms with Gasteiger partial charge in [-0.15, -0.1) is 0 Å². The van der Waals surface area contributed by atoms with Gasteiger partial charge >= 0.3 is 0 Å². The first-order chi connectivity index (χ1) is 18.1. The number of pyridine rings is 1. The molecule has 0 atom stereocenters. The summed E-state index contributed by atoms with van der Waals surface area (Å²) in [5, 5.41) is 6.71. The Balaban J connectivity index is 1.40. The third-order valence-electron chi connectivity index (χ3n) is 6.61. The zero-order valence-corrected chi connectivity index (χ0v) is 20.4. The third kappa shape index (κ3) is 4.43. The Morgan fingerprint density at radius 1 is 1.22 bits per heavy atom. The molecule has 0 amide bonds. The van der Waals surface area contributed by atoms with Crippen LogP contribution in [0.2, 0.25) is 0 Å². The van der Waals surface area contributed by atoms with Gasteiger partial charge in [0.2, 0.25) is 5.95 Å². The zero-order valence-electron chi connectivity index (χ0n) is 20.4. The minimum absolute atomic E-state index is 0.193. The van der Waals surface area contributed by atoms with E-state index < -0.39 is 0 Å². The molecule has 2 aliphatic rings. The lowest BCUT2D eigenvalue weighted by molar-refractivity contribution is -0.0306. The van der Waals surface area contributed by atoms with Crippen molar-refractivity contribution >= 4 is 28.5 Å². The highest BCUT2D eigenvalue weighted by Crippen LogP contribution is 2.26. The first kappa shape index (κ1) is 23.5. The van der Waals surface area contributed by atoms with Crippen molar-refractivity contribution in [3.63, 3.8) is 0 Å². The molecule has 2 N–H and O–H groups in total. The van der Waals surface area contributed by atoms with Crippen molar-refractivity contribution in [2.24, 2.45) is 0 Å². The number of nitrogens with zero attached hydrogens (tertiary/aromatic N) is 6. The van der Waals surface area contributed by atoms with Crippen molar-refractivity contribution in [1.29, 1.82) is 0 Å². The van der Waals surface area contributed by atoms with Crippen molar-refractivity contribution in [3.8, 4) is 5.69 Å². The number of hydrogen-bond acceptors (Lipinski definition) is 9. The summed E-state index contributed by atoms with van der Waals surface area (Å²) in [5.41, 5.74) is 3.19. The summed E-state index contributed by atoms with van der Waals surface area (Å²) in [7, 11) is 0. The van der Waals surface area contributed by atoms with Crippen LogP contribution in [0, 0.1) is 5.82 Å². The van der Waals surface area contributed by atoms with Crippen LogP contribution in [0.1, 0.15) is 18.1 Å². The van der Waals surface area contributed by atoms with E-state index in [1.54, 1.807) is 15.6 Å². The molecule has 4 aromatic rings. The van der Waals surface area contributed by atoms with Crippen molar-refractivity contribution < 1.29 is 13.9 Å². The molecule has 192 valence electrons. The van der Waals surface area contributed by atoms with Gasteiger partial charge in [-0.2, -0.15) is 4.98 Å². The maximum Gasteiger partial charge on any atom is 0.278 e. The fourth-order valence-corrected chi connectivity index (χ4v) is 4.79. The normalized spacial score (nSPS) is 16.0. The van der Waals surface area contributed by atoms with E-state index in [0.29, 0.717) is 61.1 Å². The highest BCUT2D eigenvalue weighted by atomic mass is 19.1. The van der Waals surface area contributed by atoms with Crippen molar-refractivity contribution in [1.82, 2.24) is 29.6 Å². The molecule has 0 saturated carbocycles. The number of rotatable bonds is 5. The fraction of sp³-hybridized carbons (Fsp3) is 0.360. The summed E-state index contributed by atoms with van der Waals surface area (Å²) < 4.78 is 28.9. The number of halogens is 1. The van der Waals surface area contributed by atoms with Gasteiger partial charge in [0.15, 0.2) is 5.65 Å². The summed E-state index contributed by atoms with van der Waals surface area (Å²) >= 11 is 0. The molecule has 2 aliphatic heterocycles. The van der Waals surface area contributed by atoms with Gasteiger partial charge in [-0.25, -0.2) is 23.7 Å². The minimum atomic E-state index is -0.269. The third-order valence-corrected chi connectivity index (χ3v) is 6.61. The molecule has 5 heterocycles. The number of benzene rings is 1. The molecule has 0 unspecified atom stereocenters. The highest BCUT2D eigenvalue weighted by Gasteiger charge is 2.20. The van der Waals surface area contributed by atoms with E-state index in [4.69, 9.17) is 9.47 Å². The van der Waals surface area contributed by atoms with Crippen LogP contribution in [0.3, 0.4) is 0 Å². The minimum Gasteiger partial charge on any atom is -0.353 e. The Bertz CT molecular complexity index is 1510. The SMILES string of the molecule is CCn1c(=O)c2cnc(Nc3cc(F)c4c(c3)CCNC4)nc2n1-c1ccnc(N2CCOCOC2)c1. The Labute approximate surface area is 211 Å². The molecule has 1 saturated heterocycles. The number of aromatic nitrogens is 5. The van der Waals surface area contributed by atoms with Gasteiger partial charge in [0.25, 0.3) is 5.56 Å². The average Bonchev–Trinajstić information content (AvgIpc) is 3.06. The summed E-state index contributed by atoms with van der Waals surface area (Å²) in [6.07, 6.45) is 3.95. The van der Waals surface area contributed by atoms with Gasteiger partial charge in [0.1, 0.15) is 30.5 Å². The second-order valence-corrected chi connectivity index (χ2v) is 8.91. The maximum atomic E-state index is 14.7. The Kier molecular flexibility index (Phi) is 6.28. The zero-order chi connectivity index (χ0) is 25.4. The quantitative estimate of drug-likeness (QED) is 0.421. The first-order valence-corrected chi connectivity index (χ1v) is 12.3. The van der Waals surface area contributed by atoms with Crippen molar-refractivity contribution in [2.75, 3.05) is 43.4 Å². The van der Waals surface area contributed by atoms with E-state index in [1.807, 2.05) is 30.0 Å². The van der Waals surface area contributed by atoms with Crippen LogP contribution in [0.4, 0.5) is 21.8 Å². The Morgan fingerprint density at radius 2 is 2.14 bits per heavy atom. The van der Waals surface area contributed by atoms with Crippen LogP contribution in [0.5, 0.6) is 0 Å². The number of fused-ring (bicyclic) bond motifs is 2. The van der Waals surface area contributed by atoms with Crippen LogP contribution >= 0.6 is 0 Å². The lowest BCUT2D eigenvalue weighted by Crippen LogP contribution is -2.28. The van der Waals surface area contributed by atoms with Crippen LogP contribution in [-0.2, 0) is 29.0 Å². The molecule has 0 radical (unpaired) electrons. The standard InChI is InChI=1S/C25H27FN8O3/c1-2-33-24(35)20-13-29-25(30-17-9-16-3-5-27-12-19(16)21(26)10-17)31-23(20)34(33)18-4-6-28-22(11-18)32-7-8-36-15-37-14-32/h4,6,9-11,13,27H,2-3,5,7-8,12,14-15H2,1H3,(H,29,30,31). The van der Waals surface area contributed by atoms with Crippen LogP contribution < -0.4 is 21.1 Å². The molecule has 0 spiro atoms. The van der Waals surface area contributed by atoms with Gasteiger partial charge in [0, 0.05) is 49.3 Å². The van der Waals surface area contributed by atoms with E-state index in [1.165, 1.54) is 12.3 Å². The van der Waals surface area contributed by atoms with E-state index in [2.05, 4.69) is 25.6 Å². The lowest BCUT2D eigenvalue weighted by Gasteiger charge is -2.21. The van der Waals surface area contributed by atoms with Gasteiger partial charge in [-0.1, -0.05) is 0 Å². The van der Waals surface area contributed by atoms with Crippen molar-refractivity contribution in [3.05, 3.63) is 64.0 Å². The van der Waals surface area contributed by atoms with Gasteiger partial charge in [-0.3, -0.25) is 4.79 Å². The number of anilines is 3. The van der Waals surface area contributed by atoms with Crippen LogP contribution in [-0.4, -0.2) is 57.5 Å². The molecule has 1 aromatic carbocycles. The van der Waals surface area contributed by atoms with E-state index in [0.717, 1.165) is 24.2 Å². The number of ether oxygens (including phenoxy) is 2. The maximum absolute atomic E-state index is 14.7. The molecule has 1 fully saturated rings. The highest BCUT2D eigenvalue weighted by molar-refractivity contribution is 5.77. The molecule has 11 nitrogen and oxygen atoms in total. The molecule has 0 aliphatic carbocycles. The van der Waals surface area contributed by atoms with Crippen molar-refractivity contribution in [2.45, 2.75) is 26.4 Å². The van der Waals surface area contributed by atoms with E-state index in [-0.39, 0.29) is 24.1 Å². The molecule has 12 heteroatoms. The lowest BCUT2D eigenvalue weighted by atomic mass is 10.00. The molecular formula is C25H27FN8O3. The average molecular weight is 507 g/mol. The first-order valence-electron chi connectivity index (χ1n) is 12.3. The molecule has 3 aromatic heterocycles. The van der Waals surface area contributed by atoms with E-state index >= 15 is 0 Å². The predicted molar refractivity (Wildman–Crippen MR) is 136 cm³/mol. The van der Waals surface area contributed by atoms with Gasteiger partial charge < -0.3 is 25.0 Å². The Morgan fingerprint density at radius 3 is 3.03 bits per heavy atom. The second-order valence-electron chi connectivity index (χ2n) is 8.91.